The molecule has 1 aromatic carbocycles. The predicted molar refractivity (Wildman–Crippen MR) is 92.6 cm³/mol. The summed E-state index contributed by atoms with van der Waals surface area (Å²) in [5.41, 5.74) is 9.49. The van der Waals surface area contributed by atoms with Gasteiger partial charge < -0.3 is 5.73 Å². The lowest BCUT2D eigenvalue weighted by atomic mass is 10.0. The van der Waals surface area contributed by atoms with Gasteiger partial charge in [0.25, 0.3) is 0 Å². The van der Waals surface area contributed by atoms with E-state index < -0.39 is 0 Å². The molecule has 0 saturated carbocycles. The number of hydrogen-bond donors (Lipinski definition) is 1. The highest BCUT2D eigenvalue weighted by Gasteiger charge is 2.13. The first kappa shape index (κ1) is 14.3. The van der Waals surface area contributed by atoms with E-state index in [1.807, 2.05) is 18.2 Å². The minimum Gasteiger partial charge on any atom is -0.399 e. The van der Waals surface area contributed by atoms with Crippen LogP contribution in [0.3, 0.4) is 0 Å². The summed E-state index contributed by atoms with van der Waals surface area (Å²) in [5, 5.41) is 0.843. The van der Waals surface area contributed by atoms with Crippen molar-refractivity contribution in [2.24, 2.45) is 0 Å². The molecule has 116 valence electrons. The summed E-state index contributed by atoms with van der Waals surface area (Å²) in [6.45, 7) is 0. The predicted octanol–water partition coefficient (Wildman–Crippen LogP) is 4.08. The highest BCUT2D eigenvalue weighted by Crippen LogP contribution is 2.31. The number of anilines is 1. The second kappa shape index (κ2) is 5.70. The molecule has 3 aromatic heterocycles. The fourth-order valence-corrected chi connectivity index (χ4v) is 2.67. The van der Waals surface area contributed by atoms with Crippen molar-refractivity contribution in [2.45, 2.75) is 0 Å². The maximum absolute atomic E-state index is 14.2. The van der Waals surface area contributed by atoms with Gasteiger partial charge in [-0.1, -0.05) is 12.1 Å². The number of nitrogens with two attached hydrogens (primary N) is 1. The molecular weight excluding hydrogens is 303 g/mol. The van der Waals surface area contributed by atoms with Crippen molar-refractivity contribution < 1.29 is 4.39 Å². The molecule has 0 unspecified atom stereocenters. The molecule has 3 heterocycles. The van der Waals surface area contributed by atoms with Crippen molar-refractivity contribution in [3.63, 3.8) is 0 Å². The van der Waals surface area contributed by atoms with Gasteiger partial charge in [-0.3, -0.25) is 4.98 Å². The van der Waals surface area contributed by atoms with Crippen molar-refractivity contribution in [3.05, 3.63) is 72.8 Å². The van der Waals surface area contributed by atoms with Crippen LogP contribution in [0.1, 0.15) is 0 Å². The Morgan fingerprint density at radius 1 is 0.792 bits per heavy atom. The van der Waals surface area contributed by atoms with Gasteiger partial charge >= 0.3 is 0 Å². The number of hydrogen-bond acceptors (Lipinski definition) is 4. The summed E-state index contributed by atoms with van der Waals surface area (Å²) < 4.78 is 14.2. The molecule has 0 atom stereocenters. The van der Waals surface area contributed by atoms with Crippen LogP contribution < -0.4 is 5.73 Å². The Morgan fingerprint density at radius 2 is 1.67 bits per heavy atom. The average Bonchev–Trinajstić information content (AvgIpc) is 2.61. The number of benzene rings is 1. The smallest absolute Gasteiger partial charge is 0.160 e. The first-order valence-electron chi connectivity index (χ1n) is 7.45. The number of fused-ring (bicyclic) bond motifs is 1. The molecule has 0 amide bonds. The molecular formula is C19H13FN4. The summed E-state index contributed by atoms with van der Waals surface area (Å²) in [5.74, 6) is -0.327. The number of aromatic nitrogens is 3. The quantitative estimate of drug-likeness (QED) is 0.605. The summed E-state index contributed by atoms with van der Waals surface area (Å²) >= 11 is 0. The van der Waals surface area contributed by atoms with Crippen LogP contribution in [0.15, 0.2) is 67.0 Å². The second-order valence-corrected chi connectivity index (χ2v) is 5.38. The fourth-order valence-electron chi connectivity index (χ4n) is 2.67. The van der Waals surface area contributed by atoms with E-state index in [0.29, 0.717) is 28.3 Å². The van der Waals surface area contributed by atoms with E-state index in [4.69, 9.17) is 5.73 Å². The average molecular weight is 316 g/mol. The number of halogens is 1. The Hall–Kier alpha value is -3.34. The van der Waals surface area contributed by atoms with E-state index in [-0.39, 0.29) is 5.82 Å². The van der Waals surface area contributed by atoms with Crippen molar-refractivity contribution in [3.8, 4) is 22.5 Å². The minimum absolute atomic E-state index is 0.327. The number of nitrogens with zero attached hydrogens (tertiary/aromatic N) is 3. The topological polar surface area (TPSA) is 64.7 Å². The zero-order valence-corrected chi connectivity index (χ0v) is 12.6. The van der Waals surface area contributed by atoms with Gasteiger partial charge in [0.2, 0.25) is 0 Å². The van der Waals surface area contributed by atoms with Gasteiger partial charge in [0.05, 0.1) is 11.4 Å². The van der Waals surface area contributed by atoms with Crippen LogP contribution in [0.2, 0.25) is 0 Å². The van der Waals surface area contributed by atoms with Crippen LogP contribution in [0.5, 0.6) is 0 Å². The first-order chi connectivity index (χ1) is 11.7. The largest absolute Gasteiger partial charge is 0.399 e. The molecule has 4 rings (SSSR count). The van der Waals surface area contributed by atoms with Crippen LogP contribution in [0, 0.1) is 5.82 Å². The van der Waals surface area contributed by atoms with Gasteiger partial charge in [-0.15, -0.1) is 0 Å². The van der Waals surface area contributed by atoms with E-state index in [1.165, 1.54) is 6.07 Å². The monoisotopic (exact) mass is 316 g/mol. The van der Waals surface area contributed by atoms with Gasteiger partial charge in [-0.25, -0.2) is 14.4 Å². The third-order valence-corrected chi connectivity index (χ3v) is 3.79. The standard InChI is InChI=1S/C19H13FN4/c20-16-6-2-1-4-14(16)18-11-15(17-10-12(21)7-9-22-17)13-5-3-8-23-19(13)24-18/h1-11H,(H2,21,22). The Morgan fingerprint density at radius 3 is 2.50 bits per heavy atom. The maximum atomic E-state index is 14.2. The molecule has 4 nitrogen and oxygen atoms in total. The van der Waals surface area contributed by atoms with E-state index in [2.05, 4.69) is 15.0 Å². The number of pyridine rings is 3. The molecule has 4 aromatic rings. The Balaban J connectivity index is 2.03. The van der Waals surface area contributed by atoms with Crippen LogP contribution >= 0.6 is 0 Å². The second-order valence-electron chi connectivity index (χ2n) is 5.38. The number of rotatable bonds is 2. The molecule has 0 bridgehead atoms. The first-order valence-corrected chi connectivity index (χ1v) is 7.45. The van der Waals surface area contributed by atoms with E-state index in [9.17, 15) is 4.39 Å². The molecule has 2 N–H and O–H groups in total. The summed E-state index contributed by atoms with van der Waals surface area (Å²) in [4.78, 5) is 13.2. The van der Waals surface area contributed by atoms with Crippen LogP contribution in [0.25, 0.3) is 33.5 Å². The molecule has 24 heavy (non-hydrogen) atoms. The lowest BCUT2D eigenvalue weighted by molar-refractivity contribution is 0.631. The zero-order chi connectivity index (χ0) is 16.5. The Bertz CT molecular complexity index is 1050. The summed E-state index contributed by atoms with van der Waals surface area (Å²) in [6.07, 6.45) is 3.31. The van der Waals surface area contributed by atoms with Gasteiger partial charge in [-0.2, -0.15) is 0 Å². The summed E-state index contributed by atoms with van der Waals surface area (Å²) in [6, 6.07) is 15.6. The summed E-state index contributed by atoms with van der Waals surface area (Å²) in [7, 11) is 0. The fraction of sp³-hybridized carbons (Fsp3) is 0. The number of nitrogen functional groups attached to an aromatic ring is 1. The third kappa shape index (κ3) is 2.46. The van der Waals surface area contributed by atoms with Gasteiger partial charge in [0.1, 0.15) is 5.82 Å². The molecule has 0 aliphatic carbocycles. The van der Waals surface area contributed by atoms with Crippen molar-refractivity contribution in [1.29, 1.82) is 0 Å². The Labute approximate surface area is 137 Å². The normalized spacial score (nSPS) is 10.9. The van der Waals surface area contributed by atoms with Crippen LogP contribution in [-0.4, -0.2) is 15.0 Å². The Kier molecular flexibility index (Phi) is 3.39. The molecule has 0 aliphatic heterocycles. The van der Waals surface area contributed by atoms with Gasteiger partial charge in [-0.05, 0) is 42.5 Å². The molecule has 5 heteroatoms. The van der Waals surface area contributed by atoms with Crippen LogP contribution in [-0.2, 0) is 0 Å². The van der Waals surface area contributed by atoms with Gasteiger partial charge in [0, 0.05) is 34.6 Å². The highest BCUT2D eigenvalue weighted by atomic mass is 19.1. The van der Waals surface area contributed by atoms with Crippen LogP contribution in [0.4, 0.5) is 10.1 Å². The molecule has 0 spiro atoms. The lowest BCUT2D eigenvalue weighted by Crippen LogP contribution is -1.95. The van der Waals surface area contributed by atoms with E-state index >= 15 is 0 Å². The van der Waals surface area contributed by atoms with Gasteiger partial charge in [0.15, 0.2) is 5.65 Å². The van der Waals surface area contributed by atoms with E-state index in [0.717, 1.165) is 10.9 Å². The molecule has 0 fully saturated rings. The minimum atomic E-state index is -0.327. The molecule has 0 aliphatic rings. The SMILES string of the molecule is Nc1ccnc(-c2cc(-c3ccccc3F)nc3ncccc23)c1. The molecule has 0 saturated heterocycles. The van der Waals surface area contributed by atoms with E-state index in [1.54, 1.807) is 42.7 Å². The van der Waals surface area contributed by atoms with Crippen molar-refractivity contribution >= 4 is 16.7 Å². The highest BCUT2D eigenvalue weighted by molar-refractivity contribution is 5.94. The molecule has 0 radical (unpaired) electrons. The van der Waals surface area contributed by atoms with Crippen molar-refractivity contribution in [1.82, 2.24) is 15.0 Å². The lowest BCUT2D eigenvalue weighted by Gasteiger charge is -2.10. The van der Waals surface area contributed by atoms with Crippen molar-refractivity contribution in [2.75, 3.05) is 5.73 Å². The maximum Gasteiger partial charge on any atom is 0.160 e. The third-order valence-electron chi connectivity index (χ3n) is 3.79. The zero-order valence-electron chi connectivity index (χ0n) is 12.6.